The predicted molar refractivity (Wildman–Crippen MR) is 105 cm³/mol. The molecule has 0 unspecified atom stereocenters. The molecule has 0 aliphatic carbocycles. The molecule has 0 amide bonds. The summed E-state index contributed by atoms with van der Waals surface area (Å²) in [6.45, 7) is 0. The van der Waals surface area contributed by atoms with Gasteiger partial charge in [0.05, 0.1) is 5.69 Å². The summed E-state index contributed by atoms with van der Waals surface area (Å²) in [5.74, 6) is 0. The number of nitrogens with zero attached hydrogens (tertiary/aromatic N) is 2. The largest absolute Gasteiger partial charge is 0.264 e. The van der Waals surface area contributed by atoms with E-state index in [-0.39, 0.29) is 0 Å². The zero-order valence-corrected chi connectivity index (χ0v) is 14.6. The van der Waals surface area contributed by atoms with Crippen LogP contribution in [0.3, 0.4) is 0 Å². The van der Waals surface area contributed by atoms with E-state index >= 15 is 0 Å². The second kappa shape index (κ2) is 7.41. The molecule has 0 N–H and O–H groups in total. The maximum absolute atomic E-state index is 4.94. The Balaban J connectivity index is 1.69. The highest BCUT2D eigenvalue weighted by Gasteiger charge is 2.14. The van der Waals surface area contributed by atoms with E-state index in [1.54, 1.807) is 17.5 Å². The van der Waals surface area contributed by atoms with Gasteiger partial charge in [-0.2, -0.15) is 0 Å². The molecule has 122 valence electrons. The van der Waals surface area contributed by atoms with Crippen LogP contribution in [-0.2, 0) is 12.8 Å². The second-order valence-corrected chi connectivity index (χ2v) is 6.97. The van der Waals surface area contributed by atoms with Gasteiger partial charge in [0.15, 0.2) is 0 Å². The van der Waals surface area contributed by atoms with Gasteiger partial charge < -0.3 is 0 Å². The number of benzene rings is 2. The Morgan fingerprint density at radius 3 is 2.16 bits per heavy atom. The van der Waals surface area contributed by atoms with Crippen molar-refractivity contribution in [3.05, 3.63) is 95.6 Å². The molecule has 4 aromatic rings. The Hall–Kier alpha value is -2.78. The van der Waals surface area contributed by atoms with Crippen molar-refractivity contribution in [3.8, 4) is 21.8 Å². The molecule has 25 heavy (non-hydrogen) atoms. The SMILES string of the molecule is c1ccc(CCc2sc(-c3cccnc3)nc2-c2ccccc2)cc1. The van der Waals surface area contributed by atoms with Gasteiger partial charge in [-0.15, -0.1) is 11.3 Å². The van der Waals surface area contributed by atoms with E-state index in [0.29, 0.717) is 0 Å². The van der Waals surface area contributed by atoms with Crippen LogP contribution in [0.25, 0.3) is 21.8 Å². The summed E-state index contributed by atoms with van der Waals surface area (Å²) in [5, 5.41) is 1.04. The smallest absolute Gasteiger partial charge is 0.125 e. The fraction of sp³-hybridized carbons (Fsp3) is 0.0909. The van der Waals surface area contributed by atoms with E-state index in [1.807, 2.05) is 18.3 Å². The van der Waals surface area contributed by atoms with Crippen molar-refractivity contribution in [2.75, 3.05) is 0 Å². The topological polar surface area (TPSA) is 25.8 Å². The van der Waals surface area contributed by atoms with Crippen LogP contribution in [0.5, 0.6) is 0 Å². The monoisotopic (exact) mass is 342 g/mol. The van der Waals surface area contributed by atoms with Crippen LogP contribution in [-0.4, -0.2) is 9.97 Å². The molecule has 0 radical (unpaired) electrons. The quantitative estimate of drug-likeness (QED) is 0.468. The minimum Gasteiger partial charge on any atom is -0.264 e. The van der Waals surface area contributed by atoms with Crippen LogP contribution in [0.1, 0.15) is 10.4 Å². The summed E-state index contributed by atoms with van der Waals surface area (Å²) in [5.41, 5.74) is 4.71. The average Bonchev–Trinajstić information content (AvgIpc) is 3.13. The number of aromatic nitrogens is 2. The molecular formula is C22H18N2S. The summed E-state index contributed by atoms with van der Waals surface area (Å²) in [6.07, 6.45) is 5.70. The number of thiazole rings is 1. The highest BCUT2D eigenvalue weighted by molar-refractivity contribution is 7.15. The van der Waals surface area contributed by atoms with Gasteiger partial charge in [-0.3, -0.25) is 4.98 Å². The minimum absolute atomic E-state index is 0.992. The Kier molecular flexibility index (Phi) is 4.66. The lowest BCUT2D eigenvalue weighted by molar-refractivity contribution is 0.978. The van der Waals surface area contributed by atoms with Crippen LogP contribution in [0, 0.1) is 0 Å². The molecule has 0 bridgehead atoms. The summed E-state index contributed by atoms with van der Waals surface area (Å²) >= 11 is 1.78. The van der Waals surface area contributed by atoms with E-state index in [2.05, 4.69) is 65.6 Å². The van der Waals surface area contributed by atoms with Crippen LogP contribution < -0.4 is 0 Å². The third-order valence-electron chi connectivity index (χ3n) is 4.14. The van der Waals surface area contributed by atoms with Crippen molar-refractivity contribution in [2.24, 2.45) is 0 Å². The van der Waals surface area contributed by atoms with Gasteiger partial charge >= 0.3 is 0 Å². The summed E-state index contributed by atoms with van der Waals surface area (Å²) in [7, 11) is 0. The molecule has 0 fully saturated rings. The van der Waals surface area contributed by atoms with Crippen molar-refractivity contribution in [2.45, 2.75) is 12.8 Å². The normalized spacial score (nSPS) is 10.7. The molecule has 0 saturated heterocycles. The van der Waals surface area contributed by atoms with Crippen LogP contribution >= 0.6 is 11.3 Å². The van der Waals surface area contributed by atoms with Crippen molar-refractivity contribution < 1.29 is 0 Å². The molecule has 0 atom stereocenters. The molecule has 4 rings (SSSR count). The molecule has 0 aliphatic rings. The van der Waals surface area contributed by atoms with E-state index in [9.17, 15) is 0 Å². The van der Waals surface area contributed by atoms with E-state index in [4.69, 9.17) is 4.98 Å². The van der Waals surface area contributed by atoms with Gasteiger partial charge in [-0.25, -0.2) is 4.98 Å². The van der Waals surface area contributed by atoms with Crippen LogP contribution in [0.15, 0.2) is 85.2 Å². The molecule has 0 saturated carbocycles. The van der Waals surface area contributed by atoms with Crippen molar-refractivity contribution in [1.82, 2.24) is 9.97 Å². The first-order valence-electron chi connectivity index (χ1n) is 8.39. The van der Waals surface area contributed by atoms with Crippen molar-refractivity contribution in [3.63, 3.8) is 0 Å². The van der Waals surface area contributed by atoms with Gasteiger partial charge in [-0.05, 0) is 30.5 Å². The molecule has 2 nitrogen and oxygen atoms in total. The Labute approximate surface area is 151 Å². The van der Waals surface area contributed by atoms with Gasteiger partial charge in [0.25, 0.3) is 0 Å². The third-order valence-corrected chi connectivity index (χ3v) is 5.30. The highest BCUT2D eigenvalue weighted by atomic mass is 32.1. The van der Waals surface area contributed by atoms with E-state index in [1.165, 1.54) is 16.0 Å². The summed E-state index contributed by atoms with van der Waals surface area (Å²) < 4.78 is 0. The first-order chi connectivity index (χ1) is 12.4. The van der Waals surface area contributed by atoms with Gasteiger partial charge in [-0.1, -0.05) is 60.7 Å². The number of rotatable bonds is 5. The summed E-state index contributed by atoms with van der Waals surface area (Å²) in [4.78, 5) is 10.5. The molecule has 2 heterocycles. The standard InChI is InChI=1S/C22H18N2S/c1-3-8-17(9-4-1)13-14-20-21(18-10-5-2-6-11-18)24-22(25-20)19-12-7-15-23-16-19/h1-12,15-16H,13-14H2. The van der Waals surface area contributed by atoms with Crippen molar-refractivity contribution >= 4 is 11.3 Å². The van der Waals surface area contributed by atoms with Gasteiger partial charge in [0, 0.05) is 28.4 Å². The zero-order chi connectivity index (χ0) is 16.9. The van der Waals surface area contributed by atoms with Gasteiger partial charge in [0.1, 0.15) is 5.01 Å². The number of hydrogen-bond donors (Lipinski definition) is 0. The molecule has 2 aromatic heterocycles. The Bertz CT molecular complexity index is 932. The highest BCUT2D eigenvalue weighted by Crippen LogP contribution is 2.34. The number of hydrogen-bond acceptors (Lipinski definition) is 3. The lowest BCUT2D eigenvalue weighted by Crippen LogP contribution is -1.91. The molecule has 0 aliphatic heterocycles. The Morgan fingerprint density at radius 2 is 1.44 bits per heavy atom. The fourth-order valence-corrected chi connectivity index (χ4v) is 3.93. The predicted octanol–water partition coefficient (Wildman–Crippen LogP) is 5.66. The summed E-state index contributed by atoms with van der Waals surface area (Å²) in [6, 6.07) is 25.1. The zero-order valence-electron chi connectivity index (χ0n) is 13.8. The average molecular weight is 342 g/mol. The van der Waals surface area contributed by atoms with Gasteiger partial charge in [0.2, 0.25) is 0 Å². The maximum Gasteiger partial charge on any atom is 0.125 e. The molecule has 2 aromatic carbocycles. The van der Waals surface area contributed by atoms with E-state index in [0.717, 1.165) is 29.1 Å². The van der Waals surface area contributed by atoms with Crippen LogP contribution in [0.4, 0.5) is 0 Å². The molecular weight excluding hydrogens is 324 g/mol. The van der Waals surface area contributed by atoms with Crippen LogP contribution in [0.2, 0.25) is 0 Å². The Morgan fingerprint density at radius 1 is 0.720 bits per heavy atom. The number of pyridine rings is 1. The third kappa shape index (κ3) is 3.67. The molecule has 3 heteroatoms. The lowest BCUT2D eigenvalue weighted by atomic mass is 10.1. The fourth-order valence-electron chi connectivity index (χ4n) is 2.86. The van der Waals surface area contributed by atoms with Crippen molar-refractivity contribution in [1.29, 1.82) is 0 Å². The lowest BCUT2D eigenvalue weighted by Gasteiger charge is -2.03. The maximum atomic E-state index is 4.94. The number of aryl methyl sites for hydroxylation is 2. The second-order valence-electron chi connectivity index (χ2n) is 5.88. The first kappa shape index (κ1) is 15.7. The van der Waals surface area contributed by atoms with E-state index < -0.39 is 0 Å². The minimum atomic E-state index is 0.992. The molecule has 0 spiro atoms. The first-order valence-corrected chi connectivity index (χ1v) is 9.21.